The van der Waals surface area contributed by atoms with Crippen molar-refractivity contribution in [2.24, 2.45) is 13.0 Å². The lowest BCUT2D eigenvalue weighted by Gasteiger charge is -2.19. The second-order valence-electron chi connectivity index (χ2n) is 6.80. The van der Waals surface area contributed by atoms with Gasteiger partial charge in [0.1, 0.15) is 17.5 Å². The summed E-state index contributed by atoms with van der Waals surface area (Å²) in [5, 5.41) is 3.28. The molecule has 3 rings (SSSR count). The molecular weight excluding hydrogens is 306 g/mol. The monoisotopic (exact) mass is 331 g/mol. The maximum absolute atomic E-state index is 12.7. The van der Waals surface area contributed by atoms with Crippen LogP contribution in [0, 0.1) is 12.8 Å². The average molecular weight is 331 g/mol. The van der Waals surface area contributed by atoms with Crippen LogP contribution in [0.25, 0.3) is 11.1 Å². The highest BCUT2D eigenvalue weighted by molar-refractivity contribution is 6.06. The van der Waals surface area contributed by atoms with Crippen LogP contribution in [0.2, 0.25) is 0 Å². The summed E-state index contributed by atoms with van der Waals surface area (Å²) >= 11 is 0. The van der Waals surface area contributed by atoms with Crippen LogP contribution < -0.4 is 10.9 Å². The summed E-state index contributed by atoms with van der Waals surface area (Å²) in [5.74, 6) is 0.725. The van der Waals surface area contributed by atoms with E-state index in [1.165, 1.54) is 43.0 Å². The standard InChI is InChI=1S/C18H25N3O3/c1-12-14(15-17(24-12)20-11-21(2)18(15)23)16(22)19-10-13-8-6-4-3-5-7-9-13/h11,13H,3-10H2,1-2H3,(H,19,22). The first kappa shape index (κ1) is 16.7. The number of hydrogen-bond donors (Lipinski definition) is 1. The SMILES string of the molecule is Cc1oc2ncn(C)c(=O)c2c1C(=O)NCC1CCCCCCC1. The number of carbonyl (C=O) groups excluding carboxylic acids is 1. The van der Waals surface area contributed by atoms with E-state index in [2.05, 4.69) is 10.3 Å². The molecule has 2 aromatic heterocycles. The summed E-state index contributed by atoms with van der Waals surface area (Å²) < 4.78 is 6.86. The fraction of sp³-hybridized carbons (Fsp3) is 0.611. The van der Waals surface area contributed by atoms with Crippen molar-refractivity contribution in [2.75, 3.05) is 6.54 Å². The summed E-state index contributed by atoms with van der Waals surface area (Å²) in [6.07, 6.45) is 10.1. The van der Waals surface area contributed by atoms with Crippen LogP contribution in [-0.2, 0) is 7.05 Å². The highest BCUT2D eigenvalue weighted by Crippen LogP contribution is 2.23. The molecule has 1 N–H and O–H groups in total. The molecule has 6 nitrogen and oxygen atoms in total. The molecule has 1 saturated carbocycles. The van der Waals surface area contributed by atoms with Gasteiger partial charge in [-0.2, -0.15) is 0 Å². The van der Waals surface area contributed by atoms with Gasteiger partial charge in [-0.05, 0) is 25.7 Å². The molecule has 0 radical (unpaired) electrons. The quantitative estimate of drug-likeness (QED) is 0.938. The number of rotatable bonds is 3. The molecule has 2 aromatic rings. The van der Waals surface area contributed by atoms with E-state index in [1.54, 1.807) is 14.0 Å². The molecule has 0 aromatic carbocycles. The summed E-state index contributed by atoms with van der Waals surface area (Å²) in [7, 11) is 1.62. The minimum Gasteiger partial charge on any atom is -0.442 e. The van der Waals surface area contributed by atoms with Crippen molar-refractivity contribution < 1.29 is 9.21 Å². The van der Waals surface area contributed by atoms with Crippen LogP contribution >= 0.6 is 0 Å². The first-order valence-corrected chi connectivity index (χ1v) is 8.81. The number of furan rings is 1. The largest absolute Gasteiger partial charge is 0.442 e. The van der Waals surface area contributed by atoms with Crippen molar-refractivity contribution in [3.63, 3.8) is 0 Å². The maximum Gasteiger partial charge on any atom is 0.265 e. The van der Waals surface area contributed by atoms with E-state index in [1.807, 2.05) is 0 Å². The van der Waals surface area contributed by atoms with Gasteiger partial charge in [-0.15, -0.1) is 0 Å². The third-order valence-electron chi connectivity index (χ3n) is 4.95. The van der Waals surface area contributed by atoms with Crippen LogP contribution in [0.15, 0.2) is 15.5 Å². The smallest absolute Gasteiger partial charge is 0.265 e. The van der Waals surface area contributed by atoms with E-state index in [0.717, 1.165) is 12.8 Å². The molecule has 24 heavy (non-hydrogen) atoms. The number of carbonyl (C=O) groups is 1. The zero-order valence-electron chi connectivity index (χ0n) is 14.4. The van der Waals surface area contributed by atoms with E-state index in [4.69, 9.17) is 4.42 Å². The number of amides is 1. The van der Waals surface area contributed by atoms with Crippen LogP contribution in [0.1, 0.15) is 61.1 Å². The lowest BCUT2D eigenvalue weighted by Crippen LogP contribution is -2.31. The first-order chi connectivity index (χ1) is 11.6. The first-order valence-electron chi connectivity index (χ1n) is 8.81. The van der Waals surface area contributed by atoms with Crippen LogP contribution in [0.3, 0.4) is 0 Å². The minimum atomic E-state index is -0.257. The summed E-state index contributed by atoms with van der Waals surface area (Å²) in [6.45, 7) is 2.36. The molecule has 0 saturated heterocycles. The molecule has 1 fully saturated rings. The Morgan fingerprint density at radius 1 is 1.29 bits per heavy atom. The molecule has 130 valence electrons. The van der Waals surface area contributed by atoms with Gasteiger partial charge < -0.3 is 14.3 Å². The molecule has 0 aliphatic heterocycles. The summed E-state index contributed by atoms with van der Waals surface area (Å²) in [4.78, 5) is 29.1. The molecule has 0 spiro atoms. The third kappa shape index (κ3) is 3.37. The molecule has 2 heterocycles. The zero-order chi connectivity index (χ0) is 17.1. The molecule has 6 heteroatoms. The van der Waals surface area contributed by atoms with Gasteiger partial charge in [-0.1, -0.05) is 32.1 Å². The molecule has 1 amide bonds. The van der Waals surface area contributed by atoms with Gasteiger partial charge >= 0.3 is 0 Å². The Morgan fingerprint density at radius 2 is 1.96 bits per heavy atom. The summed E-state index contributed by atoms with van der Waals surface area (Å²) in [6, 6.07) is 0. The Labute approximate surface area is 141 Å². The predicted molar refractivity (Wildman–Crippen MR) is 92.1 cm³/mol. The molecule has 1 aliphatic carbocycles. The Balaban J connectivity index is 1.77. The highest BCUT2D eigenvalue weighted by atomic mass is 16.3. The Hall–Kier alpha value is -2.11. The van der Waals surface area contributed by atoms with Crippen LogP contribution in [-0.4, -0.2) is 22.0 Å². The van der Waals surface area contributed by atoms with Crippen molar-refractivity contribution >= 4 is 17.0 Å². The Morgan fingerprint density at radius 3 is 2.67 bits per heavy atom. The zero-order valence-corrected chi connectivity index (χ0v) is 14.4. The number of aromatic nitrogens is 2. The maximum atomic E-state index is 12.7. The number of hydrogen-bond acceptors (Lipinski definition) is 4. The van der Waals surface area contributed by atoms with E-state index >= 15 is 0 Å². The minimum absolute atomic E-state index is 0.228. The van der Waals surface area contributed by atoms with Gasteiger partial charge in [0, 0.05) is 13.6 Å². The van der Waals surface area contributed by atoms with Gasteiger partial charge in [0.15, 0.2) is 0 Å². The van der Waals surface area contributed by atoms with Gasteiger partial charge in [-0.25, -0.2) is 4.98 Å². The van der Waals surface area contributed by atoms with Crippen molar-refractivity contribution in [1.82, 2.24) is 14.9 Å². The van der Waals surface area contributed by atoms with Gasteiger partial charge in [-0.3, -0.25) is 9.59 Å². The van der Waals surface area contributed by atoms with Crippen LogP contribution in [0.5, 0.6) is 0 Å². The Bertz CT molecular complexity index is 783. The fourth-order valence-corrected chi connectivity index (χ4v) is 3.53. The third-order valence-corrected chi connectivity index (χ3v) is 4.95. The topological polar surface area (TPSA) is 77.1 Å². The summed E-state index contributed by atoms with van der Waals surface area (Å²) in [5.41, 5.74) is 0.296. The van der Waals surface area contributed by atoms with Crippen molar-refractivity contribution in [1.29, 1.82) is 0 Å². The van der Waals surface area contributed by atoms with Gasteiger partial charge in [0.2, 0.25) is 5.71 Å². The van der Waals surface area contributed by atoms with E-state index in [9.17, 15) is 9.59 Å². The van der Waals surface area contributed by atoms with Crippen molar-refractivity contribution in [3.8, 4) is 0 Å². The molecule has 1 aliphatic rings. The molecular formula is C18H25N3O3. The number of fused-ring (bicyclic) bond motifs is 1. The molecule has 0 bridgehead atoms. The van der Waals surface area contributed by atoms with Crippen molar-refractivity contribution in [3.05, 3.63) is 28.0 Å². The molecule has 0 atom stereocenters. The predicted octanol–water partition coefficient (Wildman–Crippen LogP) is 2.93. The van der Waals surface area contributed by atoms with Gasteiger partial charge in [0.25, 0.3) is 11.5 Å². The van der Waals surface area contributed by atoms with E-state index < -0.39 is 0 Å². The van der Waals surface area contributed by atoms with Crippen LogP contribution in [0.4, 0.5) is 0 Å². The number of aryl methyl sites for hydroxylation is 2. The van der Waals surface area contributed by atoms with Crippen molar-refractivity contribution in [2.45, 2.75) is 51.9 Å². The number of nitrogens with one attached hydrogen (secondary N) is 1. The second kappa shape index (κ2) is 7.20. The molecule has 0 unspecified atom stereocenters. The lowest BCUT2D eigenvalue weighted by molar-refractivity contribution is 0.0944. The second-order valence-corrected chi connectivity index (χ2v) is 6.80. The van der Waals surface area contributed by atoms with E-state index in [0.29, 0.717) is 23.8 Å². The van der Waals surface area contributed by atoms with E-state index in [-0.39, 0.29) is 22.6 Å². The van der Waals surface area contributed by atoms with Gasteiger partial charge in [0.05, 0.1) is 5.56 Å². The highest BCUT2D eigenvalue weighted by Gasteiger charge is 2.23. The fourth-order valence-electron chi connectivity index (χ4n) is 3.53. The average Bonchev–Trinajstić information content (AvgIpc) is 2.87. The lowest BCUT2D eigenvalue weighted by atomic mass is 9.91. The number of nitrogens with zero attached hydrogens (tertiary/aromatic N) is 2. The normalized spacial score (nSPS) is 16.8. The Kier molecular flexibility index (Phi) is 5.02.